The van der Waals surface area contributed by atoms with Crippen LogP contribution in [0.2, 0.25) is 0 Å². The Hall–Kier alpha value is -1.21. The Morgan fingerprint density at radius 3 is 2.55 bits per heavy atom. The van der Waals surface area contributed by atoms with Crippen LogP contribution in [0.4, 0.5) is 10.7 Å². The zero-order valence-corrected chi connectivity index (χ0v) is 13.2. The number of thiophene rings is 1. The quantitative estimate of drug-likeness (QED) is 0.679. The van der Waals surface area contributed by atoms with Crippen LogP contribution in [-0.2, 0) is 4.74 Å². The Labute approximate surface area is 126 Å². The van der Waals surface area contributed by atoms with Crippen LogP contribution in [0.5, 0.6) is 0 Å². The largest absolute Gasteiger partial charge is 0.462 e. The summed E-state index contributed by atoms with van der Waals surface area (Å²) in [6, 6.07) is 0. The lowest BCUT2D eigenvalue weighted by molar-refractivity contribution is 0.0529. The van der Waals surface area contributed by atoms with E-state index in [1.807, 2.05) is 11.8 Å². The molecule has 2 heterocycles. The Bertz CT molecular complexity index is 522. The summed E-state index contributed by atoms with van der Waals surface area (Å²) < 4.78 is 5.08. The molecule has 0 radical (unpaired) electrons. The van der Waals surface area contributed by atoms with Crippen molar-refractivity contribution in [1.29, 1.82) is 0 Å². The fraction of sp³-hybridized carbons (Fsp3) is 0.538. The van der Waals surface area contributed by atoms with Crippen LogP contribution < -0.4 is 10.6 Å². The van der Waals surface area contributed by atoms with E-state index in [1.54, 1.807) is 6.92 Å². The van der Waals surface area contributed by atoms with E-state index in [4.69, 9.17) is 10.5 Å². The van der Waals surface area contributed by atoms with Crippen molar-refractivity contribution in [2.24, 2.45) is 0 Å². The van der Waals surface area contributed by atoms with E-state index in [9.17, 15) is 9.59 Å². The van der Waals surface area contributed by atoms with Gasteiger partial charge < -0.3 is 15.4 Å². The molecule has 1 fully saturated rings. The van der Waals surface area contributed by atoms with Crippen LogP contribution in [0.1, 0.15) is 33.9 Å². The second-order valence-electron chi connectivity index (χ2n) is 4.40. The Balaban J connectivity index is 2.44. The Kier molecular flexibility index (Phi) is 4.93. The number of esters is 1. The van der Waals surface area contributed by atoms with Crippen molar-refractivity contribution < 1.29 is 14.3 Å². The molecular weight excluding hydrogens is 296 g/mol. The van der Waals surface area contributed by atoms with Gasteiger partial charge in [0.25, 0.3) is 0 Å². The molecule has 1 saturated heterocycles. The van der Waals surface area contributed by atoms with Crippen LogP contribution >= 0.6 is 23.1 Å². The summed E-state index contributed by atoms with van der Waals surface area (Å²) in [5.74, 6) is 1.46. The highest BCUT2D eigenvalue weighted by molar-refractivity contribution is 7.99. The van der Waals surface area contributed by atoms with E-state index in [0.29, 0.717) is 17.0 Å². The number of nitrogen functional groups attached to an aromatic ring is 1. The minimum Gasteiger partial charge on any atom is -0.462 e. The number of carbonyl (C=O) groups excluding carboxylic acids is 2. The molecule has 2 rings (SSSR count). The first-order valence-electron chi connectivity index (χ1n) is 6.49. The Morgan fingerprint density at radius 1 is 1.35 bits per heavy atom. The zero-order valence-electron chi connectivity index (χ0n) is 11.6. The summed E-state index contributed by atoms with van der Waals surface area (Å²) in [5, 5.41) is 0.770. The third-order valence-electron chi connectivity index (χ3n) is 3.02. The molecule has 20 heavy (non-hydrogen) atoms. The minimum atomic E-state index is -0.443. The van der Waals surface area contributed by atoms with Crippen molar-refractivity contribution in [1.82, 2.24) is 0 Å². The summed E-state index contributed by atoms with van der Waals surface area (Å²) in [5.41, 5.74) is 6.61. The van der Waals surface area contributed by atoms with Gasteiger partial charge in [0.15, 0.2) is 5.78 Å². The molecule has 0 unspecified atom stereocenters. The van der Waals surface area contributed by atoms with Gasteiger partial charge in [0, 0.05) is 31.5 Å². The highest BCUT2D eigenvalue weighted by Crippen LogP contribution is 2.39. The second kappa shape index (κ2) is 6.49. The molecule has 0 aliphatic carbocycles. The summed E-state index contributed by atoms with van der Waals surface area (Å²) in [6.45, 7) is 5.22. The maximum absolute atomic E-state index is 12.1. The molecule has 110 valence electrons. The first kappa shape index (κ1) is 15.2. The number of nitrogens with two attached hydrogens (primary N) is 1. The van der Waals surface area contributed by atoms with Crippen molar-refractivity contribution in [2.75, 3.05) is 41.8 Å². The molecule has 0 spiro atoms. The van der Waals surface area contributed by atoms with E-state index in [-0.39, 0.29) is 11.5 Å². The third kappa shape index (κ3) is 2.93. The van der Waals surface area contributed by atoms with Crippen molar-refractivity contribution in [2.45, 2.75) is 13.8 Å². The number of carbonyl (C=O) groups is 2. The molecule has 0 amide bonds. The standard InChI is InChI=1S/C13H18N2O3S2/c1-3-18-13(17)9-10(14)11(8(2)16)20-12(9)15-4-6-19-7-5-15/h3-7,14H2,1-2H3. The molecule has 2 N–H and O–H groups in total. The van der Waals surface area contributed by atoms with Crippen LogP contribution in [0.25, 0.3) is 0 Å². The number of rotatable bonds is 4. The number of Topliss-reactive ketones (excluding diaryl/α,β-unsaturated/α-hetero) is 1. The number of ketones is 1. The van der Waals surface area contributed by atoms with Gasteiger partial charge in [-0.1, -0.05) is 0 Å². The molecule has 0 aromatic carbocycles. The monoisotopic (exact) mass is 314 g/mol. The molecule has 1 aliphatic rings. The molecular formula is C13H18N2O3S2. The predicted octanol–water partition coefficient (Wildman–Crippen LogP) is 2.26. The molecule has 1 aromatic rings. The SMILES string of the molecule is CCOC(=O)c1c(N2CCSCC2)sc(C(C)=O)c1N. The fourth-order valence-electron chi connectivity index (χ4n) is 2.08. The van der Waals surface area contributed by atoms with E-state index >= 15 is 0 Å². The molecule has 0 bridgehead atoms. The van der Waals surface area contributed by atoms with Gasteiger partial charge in [-0.05, 0) is 6.92 Å². The van der Waals surface area contributed by atoms with Crippen molar-refractivity contribution in [3.05, 3.63) is 10.4 Å². The third-order valence-corrected chi connectivity index (χ3v) is 5.33. The molecule has 7 heteroatoms. The lowest BCUT2D eigenvalue weighted by atomic mass is 10.2. The van der Waals surface area contributed by atoms with Gasteiger partial charge in [0.2, 0.25) is 0 Å². The number of hydrogen-bond acceptors (Lipinski definition) is 7. The van der Waals surface area contributed by atoms with Gasteiger partial charge in [0.05, 0.1) is 17.2 Å². The number of ether oxygens (including phenoxy) is 1. The number of hydrogen-bond donors (Lipinski definition) is 1. The van der Waals surface area contributed by atoms with E-state index in [2.05, 4.69) is 4.90 Å². The van der Waals surface area contributed by atoms with E-state index in [1.165, 1.54) is 18.3 Å². The van der Waals surface area contributed by atoms with Gasteiger partial charge in [-0.25, -0.2) is 4.79 Å². The first-order chi connectivity index (χ1) is 9.56. The summed E-state index contributed by atoms with van der Waals surface area (Å²) in [4.78, 5) is 26.3. The van der Waals surface area contributed by atoms with Gasteiger partial charge in [0.1, 0.15) is 10.6 Å². The normalized spacial score (nSPS) is 15.2. The minimum absolute atomic E-state index is 0.115. The van der Waals surface area contributed by atoms with Gasteiger partial charge in [-0.15, -0.1) is 11.3 Å². The average molecular weight is 314 g/mol. The molecule has 0 atom stereocenters. The summed E-state index contributed by atoms with van der Waals surface area (Å²) in [7, 11) is 0. The molecule has 5 nitrogen and oxygen atoms in total. The van der Waals surface area contributed by atoms with Crippen LogP contribution in [0, 0.1) is 0 Å². The molecule has 0 saturated carbocycles. The maximum Gasteiger partial charge on any atom is 0.343 e. The van der Waals surface area contributed by atoms with Crippen LogP contribution in [-0.4, -0.2) is 43.0 Å². The Morgan fingerprint density at radius 2 is 2.00 bits per heavy atom. The lowest BCUT2D eigenvalue weighted by Crippen LogP contribution is -2.33. The highest BCUT2D eigenvalue weighted by atomic mass is 32.2. The molecule has 1 aromatic heterocycles. The molecule has 1 aliphatic heterocycles. The van der Waals surface area contributed by atoms with Crippen LogP contribution in [0.15, 0.2) is 0 Å². The van der Waals surface area contributed by atoms with Crippen molar-refractivity contribution in [3.63, 3.8) is 0 Å². The maximum atomic E-state index is 12.1. The van der Waals surface area contributed by atoms with E-state index < -0.39 is 5.97 Å². The van der Waals surface area contributed by atoms with Crippen molar-refractivity contribution in [3.8, 4) is 0 Å². The topological polar surface area (TPSA) is 72.6 Å². The number of thioether (sulfide) groups is 1. The summed E-state index contributed by atoms with van der Waals surface area (Å²) >= 11 is 3.18. The average Bonchev–Trinajstić information content (AvgIpc) is 2.78. The smallest absolute Gasteiger partial charge is 0.343 e. The second-order valence-corrected chi connectivity index (χ2v) is 6.62. The summed E-state index contributed by atoms with van der Waals surface area (Å²) in [6.07, 6.45) is 0. The van der Waals surface area contributed by atoms with Gasteiger partial charge in [-0.2, -0.15) is 11.8 Å². The highest BCUT2D eigenvalue weighted by Gasteiger charge is 2.28. The predicted molar refractivity (Wildman–Crippen MR) is 84.2 cm³/mol. The first-order valence-corrected chi connectivity index (χ1v) is 8.46. The number of anilines is 2. The lowest BCUT2D eigenvalue weighted by Gasteiger charge is -2.27. The fourth-order valence-corrected chi connectivity index (χ4v) is 4.14. The van der Waals surface area contributed by atoms with Crippen molar-refractivity contribution >= 4 is 45.5 Å². The zero-order chi connectivity index (χ0) is 14.7. The van der Waals surface area contributed by atoms with Gasteiger partial charge in [-0.3, -0.25) is 4.79 Å². The van der Waals surface area contributed by atoms with Crippen LogP contribution in [0.3, 0.4) is 0 Å². The van der Waals surface area contributed by atoms with E-state index in [0.717, 1.165) is 29.6 Å². The van der Waals surface area contributed by atoms with Gasteiger partial charge >= 0.3 is 5.97 Å². The number of nitrogens with zero attached hydrogens (tertiary/aromatic N) is 1.